The summed E-state index contributed by atoms with van der Waals surface area (Å²) in [4.78, 5) is 29.9. The van der Waals surface area contributed by atoms with E-state index in [0.29, 0.717) is 24.1 Å². The molecule has 0 aliphatic carbocycles. The van der Waals surface area contributed by atoms with Crippen molar-refractivity contribution in [2.24, 2.45) is 5.41 Å². The maximum Gasteiger partial charge on any atom is 0.407 e. The summed E-state index contributed by atoms with van der Waals surface area (Å²) in [6.45, 7) is 6.19. The molecule has 1 unspecified atom stereocenters. The van der Waals surface area contributed by atoms with Gasteiger partial charge in [0.25, 0.3) is 0 Å². The third-order valence-corrected chi connectivity index (χ3v) is 8.16. The first kappa shape index (κ1) is 26.0. The molecule has 2 heterocycles. The van der Waals surface area contributed by atoms with E-state index in [9.17, 15) is 9.59 Å². The number of amides is 2. The van der Waals surface area contributed by atoms with Crippen LogP contribution in [0, 0.1) is 5.41 Å². The van der Waals surface area contributed by atoms with Crippen LogP contribution in [0.1, 0.15) is 49.8 Å². The molecule has 2 fully saturated rings. The summed E-state index contributed by atoms with van der Waals surface area (Å²) in [5.74, 6) is 0.304. The van der Waals surface area contributed by atoms with Crippen molar-refractivity contribution in [3.05, 3.63) is 69.2 Å². The van der Waals surface area contributed by atoms with E-state index in [2.05, 4.69) is 38.3 Å². The topological polar surface area (TPSA) is 61.9 Å². The van der Waals surface area contributed by atoms with Crippen molar-refractivity contribution in [1.82, 2.24) is 15.1 Å². The summed E-state index contributed by atoms with van der Waals surface area (Å²) >= 11 is 9.90. The van der Waals surface area contributed by atoms with E-state index in [1.807, 2.05) is 41.3 Å². The summed E-state index contributed by atoms with van der Waals surface area (Å²) in [5.41, 5.74) is 1.83. The molecule has 0 aromatic heterocycles. The molecular formula is C27H33BrClN3O3. The summed E-state index contributed by atoms with van der Waals surface area (Å²) in [6, 6.07) is 15.6. The predicted octanol–water partition coefficient (Wildman–Crippen LogP) is 5.79. The van der Waals surface area contributed by atoms with Gasteiger partial charge in [-0.3, -0.25) is 4.79 Å². The van der Waals surface area contributed by atoms with Gasteiger partial charge in [0.2, 0.25) is 5.91 Å². The third-order valence-electron chi connectivity index (χ3n) is 7.28. The summed E-state index contributed by atoms with van der Waals surface area (Å²) in [7, 11) is 0. The summed E-state index contributed by atoms with van der Waals surface area (Å²) < 4.78 is 6.16. The van der Waals surface area contributed by atoms with Crippen molar-refractivity contribution in [1.29, 1.82) is 0 Å². The Hall–Kier alpha value is -2.09. The van der Waals surface area contributed by atoms with Gasteiger partial charge in [-0.1, -0.05) is 57.9 Å². The predicted molar refractivity (Wildman–Crippen MR) is 141 cm³/mol. The first-order valence-corrected chi connectivity index (χ1v) is 13.5. The second-order valence-corrected chi connectivity index (χ2v) is 10.8. The van der Waals surface area contributed by atoms with Crippen LogP contribution in [0.5, 0.6) is 0 Å². The Kier molecular flexibility index (Phi) is 8.73. The van der Waals surface area contributed by atoms with Gasteiger partial charge >= 0.3 is 6.09 Å². The molecule has 4 rings (SSSR count). The number of nitrogens with one attached hydrogen (secondary N) is 1. The zero-order valence-electron chi connectivity index (χ0n) is 20.1. The van der Waals surface area contributed by atoms with Gasteiger partial charge in [0.1, 0.15) is 0 Å². The van der Waals surface area contributed by atoms with Crippen molar-refractivity contribution in [2.45, 2.75) is 45.2 Å². The second kappa shape index (κ2) is 11.8. The van der Waals surface area contributed by atoms with Gasteiger partial charge in [-0.15, -0.1) is 0 Å². The molecule has 8 heteroatoms. The van der Waals surface area contributed by atoms with E-state index < -0.39 is 6.09 Å². The van der Waals surface area contributed by atoms with Crippen molar-refractivity contribution in [3.63, 3.8) is 0 Å². The summed E-state index contributed by atoms with van der Waals surface area (Å²) in [6.07, 6.45) is 2.98. The van der Waals surface area contributed by atoms with Crippen LogP contribution in [0.15, 0.2) is 53.0 Å². The maximum atomic E-state index is 13.4. The number of benzene rings is 2. The highest BCUT2D eigenvalue weighted by molar-refractivity contribution is 9.10. The van der Waals surface area contributed by atoms with Crippen LogP contribution in [-0.2, 0) is 16.1 Å². The molecule has 1 N–H and O–H groups in total. The molecule has 2 aliphatic rings. The molecule has 1 atom stereocenters. The van der Waals surface area contributed by atoms with E-state index in [4.69, 9.17) is 16.3 Å². The van der Waals surface area contributed by atoms with Crippen molar-refractivity contribution >= 4 is 39.5 Å². The molecule has 0 saturated carbocycles. The van der Waals surface area contributed by atoms with E-state index in [-0.39, 0.29) is 11.5 Å². The lowest BCUT2D eigenvalue weighted by Crippen LogP contribution is -2.45. The largest absolute Gasteiger partial charge is 0.450 e. The van der Waals surface area contributed by atoms with Gasteiger partial charge in [-0.25, -0.2) is 4.79 Å². The van der Waals surface area contributed by atoms with Crippen molar-refractivity contribution in [2.75, 3.05) is 32.8 Å². The average Bonchev–Trinajstić information content (AvgIpc) is 3.14. The molecule has 2 aromatic carbocycles. The minimum atomic E-state index is -0.433. The highest BCUT2D eigenvalue weighted by atomic mass is 79.9. The zero-order chi connectivity index (χ0) is 24.8. The lowest BCUT2D eigenvalue weighted by Gasteiger charge is -2.38. The molecule has 0 radical (unpaired) electrons. The SMILES string of the molecule is CCOC(=O)NC(CCN1CCC2(CC1)CCN(Cc1ccc(Br)cc1)C2=O)c1ccccc1Cl. The standard InChI is InChI=1S/C27H33BrClN3O3/c1-2-35-26(34)30-24(22-5-3-4-6-23(22)29)11-15-31-16-12-27(13-17-31)14-18-32(25(27)33)19-20-7-9-21(28)10-8-20/h3-10,24H,2,11-19H2,1H3,(H,30,34). The van der Waals surface area contributed by atoms with Crippen molar-refractivity contribution < 1.29 is 14.3 Å². The number of hydrogen-bond acceptors (Lipinski definition) is 4. The number of likely N-dealkylation sites (tertiary alicyclic amines) is 2. The first-order chi connectivity index (χ1) is 16.9. The van der Waals surface area contributed by atoms with Crippen LogP contribution >= 0.6 is 27.5 Å². The number of carbonyl (C=O) groups is 2. The van der Waals surface area contributed by atoms with Crippen LogP contribution in [-0.4, -0.2) is 54.6 Å². The van der Waals surface area contributed by atoms with Gasteiger partial charge in [0.05, 0.1) is 18.1 Å². The first-order valence-electron chi connectivity index (χ1n) is 12.3. The number of hydrogen-bond donors (Lipinski definition) is 1. The van der Waals surface area contributed by atoms with E-state index in [0.717, 1.165) is 67.5 Å². The van der Waals surface area contributed by atoms with Crippen LogP contribution in [0.2, 0.25) is 5.02 Å². The Balaban J connectivity index is 1.32. The Labute approximate surface area is 221 Å². The highest BCUT2D eigenvalue weighted by Crippen LogP contribution is 2.42. The third kappa shape index (κ3) is 6.38. The molecule has 6 nitrogen and oxygen atoms in total. The lowest BCUT2D eigenvalue weighted by atomic mass is 9.77. The molecule has 35 heavy (non-hydrogen) atoms. The number of alkyl carbamates (subject to hydrolysis) is 1. The second-order valence-electron chi connectivity index (χ2n) is 9.45. The summed E-state index contributed by atoms with van der Waals surface area (Å²) in [5, 5.41) is 3.60. The van der Waals surface area contributed by atoms with Gasteiger partial charge in [-0.05, 0) is 75.0 Å². The number of halogens is 2. The highest BCUT2D eigenvalue weighted by Gasteiger charge is 2.47. The minimum Gasteiger partial charge on any atom is -0.450 e. The normalized spacial score (nSPS) is 18.6. The number of nitrogens with zero attached hydrogens (tertiary/aromatic N) is 2. The molecular weight excluding hydrogens is 530 g/mol. The molecule has 2 aromatic rings. The average molecular weight is 563 g/mol. The van der Waals surface area contributed by atoms with Crippen LogP contribution in [0.4, 0.5) is 4.79 Å². The minimum absolute atomic E-state index is 0.225. The Morgan fingerprint density at radius 1 is 1.11 bits per heavy atom. The van der Waals surface area contributed by atoms with Crippen LogP contribution in [0.25, 0.3) is 0 Å². The molecule has 0 bridgehead atoms. The van der Waals surface area contributed by atoms with E-state index >= 15 is 0 Å². The number of carbonyl (C=O) groups excluding carboxylic acids is 2. The van der Waals surface area contributed by atoms with Crippen LogP contribution in [0.3, 0.4) is 0 Å². The van der Waals surface area contributed by atoms with Crippen LogP contribution < -0.4 is 5.32 Å². The maximum absolute atomic E-state index is 13.4. The van der Waals surface area contributed by atoms with Gasteiger partial charge < -0.3 is 19.9 Å². The molecule has 188 valence electrons. The van der Waals surface area contributed by atoms with E-state index in [1.54, 1.807) is 6.92 Å². The number of piperidine rings is 1. The quantitative estimate of drug-likeness (QED) is 0.442. The van der Waals surface area contributed by atoms with E-state index in [1.165, 1.54) is 0 Å². The smallest absolute Gasteiger partial charge is 0.407 e. The fourth-order valence-electron chi connectivity index (χ4n) is 5.21. The van der Waals surface area contributed by atoms with Gasteiger partial charge in [-0.2, -0.15) is 0 Å². The molecule has 2 aliphatic heterocycles. The fraction of sp³-hybridized carbons (Fsp3) is 0.481. The molecule has 2 amide bonds. The van der Waals surface area contributed by atoms with Crippen molar-refractivity contribution in [3.8, 4) is 0 Å². The van der Waals surface area contributed by atoms with Gasteiger partial charge in [0, 0.05) is 29.1 Å². The lowest BCUT2D eigenvalue weighted by molar-refractivity contribution is -0.138. The molecule has 2 saturated heterocycles. The Morgan fingerprint density at radius 2 is 1.80 bits per heavy atom. The Bertz CT molecular complexity index is 1020. The zero-order valence-corrected chi connectivity index (χ0v) is 22.5. The molecule has 1 spiro atoms. The van der Waals surface area contributed by atoms with Gasteiger partial charge in [0.15, 0.2) is 0 Å². The number of rotatable bonds is 8. The fourth-order valence-corrected chi connectivity index (χ4v) is 5.74. The monoisotopic (exact) mass is 561 g/mol. The number of ether oxygens (including phenoxy) is 1. The Morgan fingerprint density at radius 3 is 2.49 bits per heavy atom.